The van der Waals surface area contributed by atoms with E-state index in [0.29, 0.717) is 17.2 Å². The van der Waals surface area contributed by atoms with E-state index in [-0.39, 0.29) is 82.1 Å². The number of nitrogens with zero attached hydrogens (tertiary/aromatic N) is 6. The number of para-hydroxylation sites is 1. The number of imidazole rings is 1. The van der Waals surface area contributed by atoms with Crippen LogP contribution in [0.5, 0.6) is 17.2 Å². The molecule has 0 aliphatic carbocycles. The second-order valence-electron chi connectivity index (χ2n) is 17.3. The molecule has 1 unspecified atom stereocenters. The fourth-order valence-corrected chi connectivity index (χ4v) is 10.2. The SMILES string of the molecule is COc1ccc(C(OC[C@H]2O[C@@H](n3cnc4c(=O)[nH]c(NC(=O)COc5ccccc5)nc43)[C@@H](OCOCOCCC#N)[C@H]2OP(OCCC#N)N(C(C)C)C(C)C)(c2ccccc2)c2ccc(OC)cc2)cc1. The van der Waals surface area contributed by atoms with Crippen molar-refractivity contribution in [3.63, 3.8) is 0 Å². The summed E-state index contributed by atoms with van der Waals surface area (Å²) >= 11 is 0. The Balaban J connectivity index is 1.34. The smallest absolute Gasteiger partial charge is 0.280 e. The largest absolute Gasteiger partial charge is 0.497 e. The predicted octanol–water partition coefficient (Wildman–Crippen LogP) is 7.97. The number of methoxy groups -OCH3 is 2. The van der Waals surface area contributed by atoms with Gasteiger partial charge in [-0.15, -0.1) is 0 Å². The summed E-state index contributed by atoms with van der Waals surface area (Å²) in [5.74, 6) is 1.02. The number of anilines is 1. The number of nitriles is 2. The standard InChI is InChI=1S/C53H61N8O12P/c1-36(2)61(37(3)4)74(71-30-14-28-55)73-47-44(31-70-53(38-15-9-7-10-16-38,39-19-23-41(64-5)24-20-39)40-21-25-42(65-6)26-22-40)72-51(48(47)69-35-67-34-66-29-13-27-54)60-33-56-46-49(60)58-52(59-50(46)63)57-45(62)32-68-43-17-11-8-12-18-43/h7-12,15-26,33,36-37,44,47-48,51H,13-14,29-32,34-35H2,1-6H3,(H2,57,58,59,62,63)/t44-,47+,48+,51-,74?/m1/s1. The number of hydrogen-bond acceptors (Lipinski definition) is 17. The number of aromatic amines is 1. The summed E-state index contributed by atoms with van der Waals surface area (Å²) in [5.41, 5.74) is 0.372. The summed E-state index contributed by atoms with van der Waals surface area (Å²) in [6, 6.07) is 37.9. The lowest BCUT2D eigenvalue weighted by Gasteiger charge is -2.39. The number of carbonyl (C=O) groups is 1. The van der Waals surface area contributed by atoms with Crippen LogP contribution in [-0.4, -0.2) is 115 Å². The fourth-order valence-electron chi connectivity index (χ4n) is 8.45. The minimum Gasteiger partial charge on any atom is -0.497 e. The molecule has 3 heterocycles. The van der Waals surface area contributed by atoms with Crippen LogP contribution in [0.3, 0.4) is 0 Å². The molecule has 0 radical (unpaired) electrons. The number of carbonyl (C=O) groups excluding carboxylic acids is 1. The van der Waals surface area contributed by atoms with Gasteiger partial charge in [0.25, 0.3) is 20.0 Å². The molecule has 390 valence electrons. The molecular weight excluding hydrogens is 972 g/mol. The maximum Gasteiger partial charge on any atom is 0.280 e. The Bertz CT molecular complexity index is 2790. The molecule has 1 fully saturated rings. The van der Waals surface area contributed by atoms with Crippen molar-refractivity contribution < 1.29 is 51.7 Å². The topological polar surface area (TPSA) is 236 Å². The van der Waals surface area contributed by atoms with Gasteiger partial charge in [-0.25, -0.2) is 9.65 Å². The van der Waals surface area contributed by atoms with Gasteiger partial charge in [0.2, 0.25) is 5.95 Å². The van der Waals surface area contributed by atoms with Crippen molar-refractivity contribution in [3.05, 3.63) is 143 Å². The first kappa shape index (κ1) is 55.0. The Hall–Kier alpha value is -6.81. The normalized spacial score (nSPS) is 17.1. The van der Waals surface area contributed by atoms with Gasteiger partial charge in [-0.1, -0.05) is 72.8 Å². The van der Waals surface area contributed by atoms with E-state index in [9.17, 15) is 14.9 Å². The van der Waals surface area contributed by atoms with Gasteiger partial charge in [0.1, 0.15) is 54.7 Å². The molecule has 1 saturated heterocycles. The molecule has 5 atom stereocenters. The van der Waals surface area contributed by atoms with E-state index in [1.807, 2.05) is 119 Å². The van der Waals surface area contributed by atoms with E-state index in [2.05, 4.69) is 31.0 Å². The number of H-pyrrole nitrogens is 1. The average molecular weight is 1030 g/mol. The predicted molar refractivity (Wildman–Crippen MR) is 273 cm³/mol. The molecule has 0 spiro atoms. The molecule has 20 nitrogen and oxygen atoms in total. The van der Waals surface area contributed by atoms with Crippen LogP contribution in [0.2, 0.25) is 0 Å². The quantitative estimate of drug-likeness (QED) is 0.0205. The Kier molecular flexibility index (Phi) is 20.0. The lowest BCUT2D eigenvalue weighted by molar-refractivity contribution is -0.173. The maximum atomic E-state index is 13.7. The Morgan fingerprint density at radius 2 is 1.42 bits per heavy atom. The monoisotopic (exact) mass is 1030 g/mol. The Labute approximate surface area is 430 Å². The first-order chi connectivity index (χ1) is 36.0. The van der Waals surface area contributed by atoms with E-state index < -0.39 is 50.1 Å². The third kappa shape index (κ3) is 13.5. The third-order valence-electron chi connectivity index (χ3n) is 11.7. The van der Waals surface area contributed by atoms with Crippen molar-refractivity contribution >= 4 is 31.5 Å². The van der Waals surface area contributed by atoms with Crippen molar-refractivity contribution in [3.8, 4) is 29.4 Å². The summed E-state index contributed by atoms with van der Waals surface area (Å²) in [5, 5.41) is 21.3. The van der Waals surface area contributed by atoms with Crippen LogP contribution in [0.1, 0.15) is 63.5 Å². The van der Waals surface area contributed by atoms with Crippen molar-refractivity contribution in [2.45, 2.75) is 82.8 Å². The number of hydrogen-bond donors (Lipinski definition) is 2. The number of amides is 1. The highest BCUT2D eigenvalue weighted by Crippen LogP contribution is 2.51. The highest BCUT2D eigenvalue weighted by Gasteiger charge is 2.52. The van der Waals surface area contributed by atoms with Gasteiger partial charge in [0.05, 0.1) is 65.3 Å². The Morgan fingerprint density at radius 1 is 0.811 bits per heavy atom. The molecular formula is C53H61N8O12P. The molecule has 1 aliphatic rings. The van der Waals surface area contributed by atoms with E-state index in [1.54, 1.807) is 38.5 Å². The van der Waals surface area contributed by atoms with Crippen LogP contribution in [0.15, 0.2) is 120 Å². The minimum absolute atomic E-state index is 0.0429. The minimum atomic E-state index is -1.95. The third-order valence-corrected chi connectivity index (χ3v) is 13.9. The number of fused-ring (bicyclic) bond motifs is 1. The maximum absolute atomic E-state index is 13.7. The summed E-state index contributed by atoms with van der Waals surface area (Å²) in [6.45, 7) is 7.26. The molecule has 1 amide bonds. The molecule has 1 aliphatic heterocycles. The molecule has 2 N–H and O–H groups in total. The second-order valence-corrected chi connectivity index (χ2v) is 18.7. The molecule has 7 rings (SSSR count). The Morgan fingerprint density at radius 3 is 2.03 bits per heavy atom. The first-order valence-corrected chi connectivity index (χ1v) is 25.1. The van der Waals surface area contributed by atoms with Crippen LogP contribution in [0.4, 0.5) is 5.95 Å². The number of nitrogens with one attached hydrogen (secondary N) is 2. The zero-order valence-corrected chi connectivity index (χ0v) is 43.0. The first-order valence-electron chi connectivity index (χ1n) is 24.0. The molecule has 2 aromatic heterocycles. The molecule has 0 saturated carbocycles. The van der Waals surface area contributed by atoms with Gasteiger partial charge < -0.3 is 46.9 Å². The number of ether oxygens (including phenoxy) is 8. The van der Waals surface area contributed by atoms with Crippen molar-refractivity contribution in [2.24, 2.45) is 0 Å². The molecule has 6 aromatic rings. The van der Waals surface area contributed by atoms with Gasteiger partial charge in [0, 0.05) is 12.1 Å². The van der Waals surface area contributed by atoms with Crippen LogP contribution < -0.4 is 25.1 Å². The van der Waals surface area contributed by atoms with Crippen LogP contribution in [0, 0.1) is 22.7 Å². The van der Waals surface area contributed by atoms with E-state index in [4.69, 9.17) is 52.2 Å². The summed E-state index contributed by atoms with van der Waals surface area (Å²) in [4.78, 5) is 38.6. The van der Waals surface area contributed by atoms with Crippen molar-refractivity contribution in [2.75, 3.05) is 59.5 Å². The fraction of sp³-hybridized carbons (Fsp3) is 0.396. The molecule has 74 heavy (non-hydrogen) atoms. The summed E-state index contributed by atoms with van der Waals surface area (Å²) in [7, 11) is 1.25. The zero-order chi connectivity index (χ0) is 52.5. The van der Waals surface area contributed by atoms with E-state index >= 15 is 0 Å². The van der Waals surface area contributed by atoms with Gasteiger partial charge in [-0.05, 0) is 80.8 Å². The van der Waals surface area contributed by atoms with Crippen molar-refractivity contribution in [1.29, 1.82) is 10.5 Å². The summed E-state index contributed by atoms with van der Waals surface area (Å²) < 4.78 is 66.6. The van der Waals surface area contributed by atoms with Gasteiger partial charge >= 0.3 is 0 Å². The number of benzene rings is 4. The second kappa shape index (κ2) is 26.9. The molecule has 4 aromatic carbocycles. The average Bonchev–Trinajstić information content (AvgIpc) is 4.00. The number of rotatable bonds is 28. The van der Waals surface area contributed by atoms with Gasteiger partial charge in [0.15, 0.2) is 24.0 Å². The van der Waals surface area contributed by atoms with E-state index in [0.717, 1.165) is 16.7 Å². The number of aromatic nitrogens is 4. The molecule has 0 bridgehead atoms. The lowest BCUT2D eigenvalue weighted by Crippen LogP contribution is -2.43. The molecule has 21 heteroatoms. The summed E-state index contributed by atoms with van der Waals surface area (Å²) in [6.07, 6.45) is -2.61. The van der Waals surface area contributed by atoms with Gasteiger partial charge in [-0.3, -0.25) is 24.5 Å². The van der Waals surface area contributed by atoms with Gasteiger partial charge in [-0.2, -0.15) is 15.5 Å². The van der Waals surface area contributed by atoms with Crippen LogP contribution >= 0.6 is 8.53 Å². The van der Waals surface area contributed by atoms with Crippen LogP contribution in [-0.2, 0) is 43.1 Å². The van der Waals surface area contributed by atoms with Crippen molar-refractivity contribution in [1.82, 2.24) is 24.2 Å². The van der Waals surface area contributed by atoms with E-state index in [1.165, 1.54) is 10.9 Å². The zero-order valence-electron chi connectivity index (χ0n) is 42.1. The lowest BCUT2D eigenvalue weighted by atomic mass is 9.80. The van der Waals surface area contributed by atoms with Crippen LogP contribution in [0.25, 0.3) is 11.2 Å². The highest BCUT2D eigenvalue weighted by atomic mass is 31.2. The highest BCUT2D eigenvalue weighted by molar-refractivity contribution is 7.44.